The second-order valence-electron chi connectivity index (χ2n) is 9.33. The minimum atomic E-state index is -0.964. The number of ketones is 1. The van der Waals surface area contributed by atoms with Crippen molar-refractivity contribution < 1.29 is 33.6 Å². The van der Waals surface area contributed by atoms with Gasteiger partial charge in [-0.3, -0.25) is 14.5 Å². The molecule has 0 bridgehead atoms. The lowest BCUT2D eigenvalue weighted by molar-refractivity contribution is -0.132. The van der Waals surface area contributed by atoms with E-state index in [1.54, 1.807) is 48.5 Å². The maximum atomic E-state index is 13.5. The first-order valence-electron chi connectivity index (χ1n) is 12.3. The zero-order chi connectivity index (χ0) is 28.3. The van der Waals surface area contributed by atoms with Gasteiger partial charge in [0.1, 0.15) is 28.8 Å². The van der Waals surface area contributed by atoms with Crippen LogP contribution in [0.1, 0.15) is 31.0 Å². The Morgan fingerprint density at radius 3 is 2.23 bits per heavy atom. The van der Waals surface area contributed by atoms with E-state index >= 15 is 0 Å². The number of aliphatic hydroxyl groups excluding tert-OH is 1. The Balaban J connectivity index is 1.91. The molecule has 1 saturated heterocycles. The molecule has 0 spiro atoms. The van der Waals surface area contributed by atoms with Crippen LogP contribution in [0.25, 0.3) is 5.76 Å². The lowest BCUT2D eigenvalue weighted by atomic mass is 9.94. The summed E-state index contributed by atoms with van der Waals surface area (Å²) in [5.41, 5.74) is 1.06. The lowest BCUT2D eigenvalue weighted by Gasteiger charge is -2.26. The zero-order valence-electron chi connectivity index (χ0n) is 22.4. The third-order valence-electron chi connectivity index (χ3n) is 6.28. The van der Waals surface area contributed by atoms with Gasteiger partial charge in [-0.25, -0.2) is 0 Å². The van der Waals surface area contributed by atoms with E-state index in [1.165, 1.54) is 38.4 Å². The number of benzene rings is 3. The van der Waals surface area contributed by atoms with Crippen LogP contribution >= 0.6 is 11.6 Å². The Bertz CT molecular complexity index is 1420. The summed E-state index contributed by atoms with van der Waals surface area (Å²) >= 11 is 6.25. The normalized spacial score (nSPS) is 16.5. The second-order valence-corrected chi connectivity index (χ2v) is 9.74. The molecule has 1 aliphatic heterocycles. The summed E-state index contributed by atoms with van der Waals surface area (Å²) < 4.78 is 21.9. The molecule has 1 heterocycles. The zero-order valence-corrected chi connectivity index (χ0v) is 23.1. The van der Waals surface area contributed by atoms with Gasteiger partial charge in [0.05, 0.1) is 50.1 Å². The Morgan fingerprint density at radius 2 is 1.62 bits per heavy atom. The number of Topliss-reactive ketones (excluding diaryl/α,β-unsaturated/α-hetero) is 1. The van der Waals surface area contributed by atoms with Crippen LogP contribution in [0.4, 0.5) is 5.69 Å². The number of methoxy groups -OCH3 is 3. The molecular weight excluding hydrogens is 522 g/mol. The Labute approximate surface area is 232 Å². The average Bonchev–Trinajstić information content (AvgIpc) is 3.21. The summed E-state index contributed by atoms with van der Waals surface area (Å²) in [6, 6.07) is 15.9. The molecule has 1 unspecified atom stereocenters. The van der Waals surface area contributed by atoms with Crippen LogP contribution in [0.5, 0.6) is 23.0 Å². The van der Waals surface area contributed by atoms with Crippen LogP contribution in [-0.2, 0) is 9.59 Å². The predicted molar refractivity (Wildman–Crippen MR) is 149 cm³/mol. The van der Waals surface area contributed by atoms with Crippen molar-refractivity contribution >= 4 is 34.7 Å². The maximum Gasteiger partial charge on any atom is 0.300 e. The number of carbonyl (C=O) groups excluding carboxylic acids is 2. The van der Waals surface area contributed by atoms with Crippen molar-refractivity contribution in [2.24, 2.45) is 5.92 Å². The van der Waals surface area contributed by atoms with Crippen LogP contribution in [-0.4, -0.2) is 44.7 Å². The highest BCUT2D eigenvalue weighted by atomic mass is 35.5. The van der Waals surface area contributed by atoms with Gasteiger partial charge in [0.2, 0.25) is 0 Å². The van der Waals surface area contributed by atoms with Crippen LogP contribution in [0, 0.1) is 5.92 Å². The number of hydrogen-bond acceptors (Lipinski definition) is 7. The van der Waals surface area contributed by atoms with Gasteiger partial charge in [0, 0.05) is 11.8 Å². The average molecular weight is 552 g/mol. The minimum absolute atomic E-state index is 0.115. The van der Waals surface area contributed by atoms with Crippen molar-refractivity contribution in [3.8, 4) is 23.0 Å². The standard InChI is InChI=1S/C30H30ClNO7/c1-17(2)16-39-20-11-9-19(10-12-20)32-27(18-7-6-8-21(13-18)36-3)26(29(34)30(32)35)28(33)22-14-25(38-5)23(31)15-24(22)37-4/h6-15,17,27,33H,16H2,1-5H3/b28-26+. The van der Waals surface area contributed by atoms with Gasteiger partial charge in [0.25, 0.3) is 11.7 Å². The number of halogens is 1. The molecule has 4 rings (SSSR count). The van der Waals surface area contributed by atoms with E-state index in [0.29, 0.717) is 35.3 Å². The number of rotatable bonds is 9. The summed E-state index contributed by atoms with van der Waals surface area (Å²) in [6.07, 6.45) is 0. The SMILES string of the molecule is COc1cccc(C2/C(=C(\O)c3cc(OC)c(Cl)cc3OC)C(=O)C(=O)N2c2ccc(OCC(C)C)cc2)c1. The molecule has 0 saturated carbocycles. The maximum absolute atomic E-state index is 13.5. The molecule has 1 N–H and O–H groups in total. The summed E-state index contributed by atoms with van der Waals surface area (Å²) in [5.74, 6) is -0.0760. The van der Waals surface area contributed by atoms with Crippen molar-refractivity contribution in [3.63, 3.8) is 0 Å². The van der Waals surface area contributed by atoms with Gasteiger partial charge in [-0.05, 0) is 53.9 Å². The first-order chi connectivity index (χ1) is 18.7. The Morgan fingerprint density at radius 1 is 0.923 bits per heavy atom. The molecule has 1 fully saturated rings. The number of amides is 1. The van der Waals surface area contributed by atoms with Gasteiger partial charge >= 0.3 is 0 Å². The van der Waals surface area contributed by atoms with E-state index in [0.717, 1.165) is 0 Å². The summed E-state index contributed by atoms with van der Waals surface area (Å²) in [5, 5.41) is 11.8. The molecule has 1 aliphatic rings. The highest BCUT2D eigenvalue weighted by Crippen LogP contribution is 2.45. The van der Waals surface area contributed by atoms with E-state index in [-0.39, 0.29) is 27.7 Å². The largest absolute Gasteiger partial charge is 0.507 e. The van der Waals surface area contributed by atoms with Gasteiger partial charge in [-0.2, -0.15) is 0 Å². The summed E-state index contributed by atoms with van der Waals surface area (Å²) in [7, 11) is 4.37. The van der Waals surface area contributed by atoms with Crippen molar-refractivity contribution in [2.45, 2.75) is 19.9 Å². The third-order valence-corrected chi connectivity index (χ3v) is 6.58. The van der Waals surface area contributed by atoms with Crippen LogP contribution in [0.3, 0.4) is 0 Å². The van der Waals surface area contributed by atoms with Gasteiger partial charge in [-0.1, -0.05) is 37.6 Å². The summed E-state index contributed by atoms with van der Waals surface area (Å²) in [6.45, 7) is 4.64. The van der Waals surface area contributed by atoms with Crippen molar-refractivity contribution in [1.82, 2.24) is 0 Å². The van der Waals surface area contributed by atoms with E-state index in [4.69, 9.17) is 30.5 Å². The number of hydrogen-bond donors (Lipinski definition) is 1. The molecule has 39 heavy (non-hydrogen) atoms. The fraction of sp³-hybridized carbons (Fsp3) is 0.267. The molecule has 8 nitrogen and oxygen atoms in total. The molecule has 3 aromatic rings. The first-order valence-corrected chi connectivity index (χ1v) is 12.7. The van der Waals surface area contributed by atoms with Gasteiger partial charge in [-0.15, -0.1) is 0 Å². The monoisotopic (exact) mass is 551 g/mol. The molecule has 204 valence electrons. The van der Waals surface area contributed by atoms with Gasteiger partial charge in [0.15, 0.2) is 0 Å². The molecule has 0 aromatic heterocycles. The number of carbonyl (C=O) groups is 2. The van der Waals surface area contributed by atoms with Crippen molar-refractivity contribution in [1.29, 1.82) is 0 Å². The minimum Gasteiger partial charge on any atom is -0.507 e. The quantitative estimate of drug-likeness (QED) is 0.197. The lowest BCUT2D eigenvalue weighted by Crippen LogP contribution is -2.29. The van der Waals surface area contributed by atoms with E-state index in [2.05, 4.69) is 0 Å². The fourth-order valence-electron chi connectivity index (χ4n) is 4.38. The van der Waals surface area contributed by atoms with Crippen LogP contribution < -0.4 is 23.8 Å². The van der Waals surface area contributed by atoms with Crippen LogP contribution in [0.2, 0.25) is 5.02 Å². The van der Waals surface area contributed by atoms with Crippen LogP contribution in [0.15, 0.2) is 66.2 Å². The molecular formula is C30H30ClNO7. The van der Waals surface area contributed by atoms with E-state index < -0.39 is 23.5 Å². The predicted octanol–water partition coefficient (Wildman–Crippen LogP) is 6.03. The van der Waals surface area contributed by atoms with Gasteiger partial charge < -0.3 is 24.1 Å². The molecule has 0 aliphatic carbocycles. The molecule has 9 heteroatoms. The number of anilines is 1. The number of aliphatic hydroxyl groups is 1. The Kier molecular flexibility index (Phi) is 8.35. The third kappa shape index (κ3) is 5.52. The summed E-state index contributed by atoms with van der Waals surface area (Å²) in [4.78, 5) is 28.4. The van der Waals surface area contributed by atoms with Crippen molar-refractivity contribution in [3.05, 3.63) is 82.4 Å². The molecule has 1 amide bonds. The second kappa shape index (κ2) is 11.7. The molecule has 0 radical (unpaired) electrons. The smallest absolute Gasteiger partial charge is 0.300 e. The van der Waals surface area contributed by atoms with Crippen molar-refractivity contribution in [2.75, 3.05) is 32.8 Å². The molecule has 1 atom stereocenters. The molecule has 3 aromatic carbocycles. The highest BCUT2D eigenvalue weighted by molar-refractivity contribution is 6.51. The van der Waals surface area contributed by atoms with E-state index in [9.17, 15) is 14.7 Å². The first kappa shape index (κ1) is 27.9. The fourth-order valence-corrected chi connectivity index (χ4v) is 4.61. The Hall–Kier alpha value is -4.17. The van der Waals surface area contributed by atoms with E-state index in [1.807, 2.05) is 13.8 Å². The highest BCUT2D eigenvalue weighted by Gasteiger charge is 2.47. The number of ether oxygens (including phenoxy) is 4. The number of nitrogens with zero attached hydrogens (tertiary/aromatic N) is 1. The topological polar surface area (TPSA) is 94.5 Å².